The van der Waals surface area contributed by atoms with Gasteiger partial charge in [0.2, 0.25) is 5.88 Å². The van der Waals surface area contributed by atoms with Crippen molar-refractivity contribution in [3.63, 3.8) is 0 Å². The molecule has 0 aliphatic carbocycles. The SMILES string of the molecule is COc1ncc(-c2ccncc2)cc1C(=O)NCC(O)c1ccc(Cl)cc1. The summed E-state index contributed by atoms with van der Waals surface area (Å²) in [6, 6.07) is 12.2. The van der Waals surface area contributed by atoms with Gasteiger partial charge in [-0.25, -0.2) is 4.98 Å². The van der Waals surface area contributed by atoms with E-state index in [4.69, 9.17) is 16.3 Å². The summed E-state index contributed by atoms with van der Waals surface area (Å²) in [5.74, 6) is -0.172. The fraction of sp³-hybridized carbons (Fsp3) is 0.150. The number of hydrogen-bond donors (Lipinski definition) is 2. The van der Waals surface area contributed by atoms with Crippen LogP contribution in [-0.2, 0) is 0 Å². The highest BCUT2D eigenvalue weighted by atomic mass is 35.5. The summed E-state index contributed by atoms with van der Waals surface area (Å²) in [4.78, 5) is 20.8. The van der Waals surface area contributed by atoms with Crippen LogP contribution in [0.3, 0.4) is 0 Å². The number of carbonyl (C=O) groups excluding carboxylic acids is 1. The largest absolute Gasteiger partial charge is 0.480 e. The lowest BCUT2D eigenvalue weighted by Gasteiger charge is -2.14. The van der Waals surface area contributed by atoms with Crippen molar-refractivity contribution in [2.75, 3.05) is 13.7 Å². The number of nitrogens with one attached hydrogen (secondary N) is 1. The summed E-state index contributed by atoms with van der Waals surface area (Å²) >= 11 is 5.85. The quantitative estimate of drug-likeness (QED) is 0.682. The number of halogens is 1. The number of aromatic nitrogens is 2. The van der Waals surface area contributed by atoms with Crippen LogP contribution < -0.4 is 10.1 Å². The van der Waals surface area contributed by atoms with Crippen molar-refractivity contribution in [2.24, 2.45) is 0 Å². The molecule has 7 heteroatoms. The van der Waals surface area contributed by atoms with Crippen molar-refractivity contribution in [3.8, 4) is 17.0 Å². The van der Waals surface area contributed by atoms with Crippen molar-refractivity contribution in [2.45, 2.75) is 6.10 Å². The van der Waals surface area contributed by atoms with E-state index in [-0.39, 0.29) is 23.9 Å². The second-order valence-corrected chi connectivity index (χ2v) is 6.23. The number of rotatable bonds is 6. The van der Waals surface area contributed by atoms with E-state index in [0.29, 0.717) is 10.6 Å². The normalized spacial score (nSPS) is 11.7. The molecule has 1 unspecified atom stereocenters. The number of amides is 1. The molecule has 0 saturated heterocycles. The molecule has 6 nitrogen and oxygen atoms in total. The zero-order valence-electron chi connectivity index (χ0n) is 14.6. The highest BCUT2D eigenvalue weighted by molar-refractivity contribution is 6.30. The molecule has 27 heavy (non-hydrogen) atoms. The molecule has 3 rings (SSSR count). The first-order chi connectivity index (χ1) is 13.1. The van der Waals surface area contributed by atoms with E-state index < -0.39 is 6.10 Å². The van der Waals surface area contributed by atoms with E-state index in [0.717, 1.165) is 11.1 Å². The van der Waals surface area contributed by atoms with Crippen LogP contribution >= 0.6 is 11.6 Å². The molecule has 0 saturated carbocycles. The van der Waals surface area contributed by atoms with Gasteiger partial charge in [0.05, 0.1) is 13.2 Å². The van der Waals surface area contributed by atoms with E-state index in [1.807, 2.05) is 12.1 Å². The smallest absolute Gasteiger partial charge is 0.256 e. The maximum Gasteiger partial charge on any atom is 0.256 e. The van der Waals surface area contributed by atoms with Crippen LogP contribution in [0.4, 0.5) is 0 Å². The Morgan fingerprint density at radius 2 is 1.89 bits per heavy atom. The first-order valence-electron chi connectivity index (χ1n) is 8.24. The summed E-state index contributed by atoms with van der Waals surface area (Å²) in [6.45, 7) is 0.0447. The number of pyridine rings is 2. The van der Waals surface area contributed by atoms with Gasteiger partial charge in [0, 0.05) is 35.7 Å². The van der Waals surface area contributed by atoms with Crippen LogP contribution in [0.2, 0.25) is 5.02 Å². The first kappa shape index (κ1) is 18.8. The van der Waals surface area contributed by atoms with Crippen molar-refractivity contribution in [3.05, 3.63) is 77.2 Å². The third-order valence-electron chi connectivity index (χ3n) is 4.01. The van der Waals surface area contributed by atoms with Crippen molar-refractivity contribution in [1.29, 1.82) is 0 Å². The number of aliphatic hydroxyl groups excluding tert-OH is 1. The van der Waals surface area contributed by atoms with Gasteiger partial charge in [0.25, 0.3) is 5.91 Å². The summed E-state index contributed by atoms with van der Waals surface area (Å²) in [5, 5.41) is 13.5. The van der Waals surface area contributed by atoms with Crippen LogP contribution in [0, 0.1) is 0 Å². The maximum atomic E-state index is 12.6. The van der Waals surface area contributed by atoms with Gasteiger partial charge in [-0.05, 0) is 41.5 Å². The predicted octanol–water partition coefficient (Wildman–Crippen LogP) is 3.27. The van der Waals surface area contributed by atoms with E-state index in [1.165, 1.54) is 7.11 Å². The Balaban J connectivity index is 1.76. The Hall–Kier alpha value is -2.96. The molecule has 1 aromatic carbocycles. The molecule has 138 valence electrons. The van der Waals surface area contributed by atoms with Crippen LogP contribution in [0.5, 0.6) is 5.88 Å². The topological polar surface area (TPSA) is 84.3 Å². The summed E-state index contributed by atoms with van der Waals surface area (Å²) in [6.07, 6.45) is 4.12. The van der Waals surface area contributed by atoms with Crippen LogP contribution in [0.15, 0.2) is 61.1 Å². The van der Waals surface area contributed by atoms with E-state index in [9.17, 15) is 9.90 Å². The fourth-order valence-corrected chi connectivity index (χ4v) is 2.69. The number of nitrogens with zero attached hydrogens (tertiary/aromatic N) is 2. The first-order valence-corrected chi connectivity index (χ1v) is 8.62. The molecule has 0 fully saturated rings. The molecule has 2 heterocycles. The van der Waals surface area contributed by atoms with E-state index >= 15 is 0 Å². The number of hydrogen-bond acceptors (Lipinski definition) is 5. The van der Waals surface area contributed by atoms with Crippen molar-refractivity contribution in [1.82, 2.24) is 15.3 Å². The highest BCUT2D eigenvalue weighted by Crippen LogP contribution is 2.24. The monoisotopic (exact) mass is 383 g/mol. The highest BCUT2D eigenvalue weighted by Gasteiger charge is 2.17. The Morgan fingerprint density at radius 1 is 1.19 bits per heavy atom. The summed E-state index contributed by atoms with van der Waals surface area (Å²) in [7, 11) is 1.45. The van der Waals surface area contributed by atoms with Crippen molar-refractivity contribution >= 4 is 17.5 Å². The van der Waals surface area contributed by atoms with Gasteiger partial charge in [-0.3, -0.25) is 9.78 Å². The fourth-order valence-electron chi connectivity index (χ4n) is 2.57. The number of carbonyl (C=O) groups is 1. The number of ether oxygens (including phenoxy) is 1. The lowest BCUT2D eigenvalue weighted by Crippen LogP contribution is -2.29. The molecule has 0 aliphatic rings. The van der Waals surface area contributed by atoms with E-state index in [2.05, 4.69) is 15.3 Å². The number of methoxy groups -OCH3 is 1. The Kier molecular flexibility index (Phi) is 6.01. The standard InChI is InChI=1S/C20H18ClN3O3/c1-27-20-17(10-15(11-24-20)13-6-8-22-9-7-13)19(26)23-12-18(25)14-2-4-16(21)5-3-14/h2-11,18,25H,12H2,1H3,(H,23,26). The van der Waals surface area contributed by atoms with Gasteiger partial charge in [0.15, 0.2) is 0 Å². The van der Waals surface area contributed by atoms with E-state index in [1.54, 1.807) is 48.9 Å². The van der Waals surface area contributed by atoms with Gasteiger partial charge in [-0.1, -0.05) is 23.7 Å². The summed E-state index contributed by atoms with van der Waals surface area (Å²) < 4.78 is 5.20. The predicted molar refractivity (Wildman–Crippen MR) is 103 cm³/mol. The van der Waals surface area contributed by atoms with Gasteiger partial charge < -0.3 is 15.2 Å². The summed E-state index contributed by atoms with van der Waals surface area (Å²) in [5.41, 5.74) is 2.60. The minimum absolute atomic E-state index is 0.0447. The molecular weight excluding hydrogens is 366 g/mol. The second kappa shape index (κ2) is 8.62. The lowest BCUT2D eigenvalue weighted by molar-refractivity contribution is 0.0912. The van der Waals surface area contributed by atoms with Crippen LogP contribution in [0.1, 0.15) is 22.0 Å². The third kappa shape index (κ3) is 4.61. The molecule has 0 bridgehead atoms. The average Bonchev–Trinajstić information content (AvgIpc) is 2.72. The Labute approximate surface area is 161 Å². The molecule has 2 aromatic heterocycles. The molecule has 3 aromatic rings. The van der Waals surface area contributed by atoms with Crippen LogP contribution in [0.25, 0.3) is 11.1 Å². The zero-order valence-corrected chi connectivity index (χ0v) is 15.3. The zero-order chi connectivity index (χ0) is 19.2. The Bertz CT molecular complexity index is 918. The minimum Gasteiger partial charge on any atom is -0.480 e. The van der Waals surface area contributed by atoms with Gasteiger partial charge in [0.1, 0.15) is 5.56 Å². The molecule has 0 spiro atoms. The van der Waals surface area contributed by atoms with Crippen molar-refractivity contribution < 1.29 is 14.6 Å². The van der Waals surface area contributed by atoms with Gasteiger partial charge >= 0.3 is 0 Å². The third-order valence-corrected chi connectivity index (χ3v) is 4.27. The minimum atomic E-state index is -0.853. The molecule has 0 aliphatic heterocycles. The molecule has 1 amide bonds. The van der Waals surface area contributed by atoms with Gasteiger partial charge in [-0.15, -0.1) is 0 Å². The average molecular weight is 384 g/mol. The Morgan fingerprint density at radius 3 is 2.56 bits per heavy atom. The molecule has 1 atom stereocenters. The molecular formula is C20H18ClN3O3. The van der Waals surface area contributed by atoms with Gasteiger partial charge in [-0.2, -0.15) is 0 Å². The van der Waals surface area contributed by atoms with Crippen LogP contribution in [-0.4, -0.2) is 34.6 Å². The second-order valence-electron chi connectivity index (χ2n) is 5.79. The lowest BCUT2D eigenvalue weighted by atomic mass is 10.1. The number of aliphatic hydroxyl groups is 1. The number of benzene rings is 1. The maximum absolute atomic E-state index is 12.6. The molecule has 2 N–H and O–H groups in total. The molecule has 0 radical (unpaired) electrons.